The highest BCUT2D eigenvalue weighted by Gasteiger charge is 2.17. The van der Waals surface area contributed by atoms with E-state index in [0.717, 1.165) is 23.8 Å². The average molecular weight is 261 g/mol. The summed E-state index contributed by atoms with van der Waals surface area (Å²) in [5, 5.41) is 0. The van der Waals surface area contributed by atoms with Crippen molar-refractivity contribution in [1.82, 2.24) is 4.90 Å². The zero-order valence-corrected chi connectivity index (χ0v) is 10.4. The second-order valence-electron chi connectivity index (χ2n) is 4.27. The molecule has 98 valence electrons. The summed E-state index contributed by atoms with van der Waals surface area (Å²) in [5.74, 6) is -1.88. The van der Waals surface area contributed by atoms with E-state index in [1.54, 1.807) is 7.05 Å². The molecule has 19 heavy (non-hydrogen) atoms. The first-order chi connectivity index (χ1) is 9.08. The summed E-state index contributed by atoms with van der Waals surface area (Å²) in [6.07, 6.45) is 0. The van der Waals surface area contributed by atoms with Gasteiger partial charge in [0, 0.05) is 13.6 Å². The van der Waals surface area contributed by atoms with Crippen molar-refractivity contribution in [2.24, 2.45) is 0 Å². The summed E-state index contributed by atoms with van der Waals surface area (Å²) >= 11 is 0. The van der Waals surface area contributed by atoms with Crippen LogP contribution in [0.1, 0.15) is 15.9 Å². The summed E-state index contributed by atoms with van der Waals surface area (Å²) in [5.41, 5.74) is 0.675. The van der Waals surface area contributed by atoms with E-state index in [0.29, 0.717) is 6.54 Å². The van der Waals surface area contributed by atoms with Crippen LogP contribution >= 0.6 is 0 Å². The van der Waals surface area contributed by atoms with Gasteiger partial charge >= 0.3 is 0 Å². The second-order valence-corrected chi connectivity index (χ2v) is 4.27. The predicted octanol–water partition coefficient (Wildman–Crippen LogP) is 3.24. The maximum absolute atomic E-state index is 13.5. The van der Waals surface area contributed by atoms with Gasteiger partial charge in [0.25, 0.3) is 5.91 Å². The number of rotatable bonds is 3. The molecule has 0 heterocycles. The molecule has 4 heteroatoms. The van der Waals surface area contributed by atoms with Crippen molar-refractivity contribution in [3.63, 3.8) is 0 Å². The molecule has 0 aliphatic heterocycles. The van der Waals surface area contributed by atoms with Crippen molar-refractivity contribution in [1.29, 1.82) is 0 Å². The van der Waals surface area contributed by atoms with Crippen LogP contribution < -0.4 is 0 Å². The molecule has 0 atom stereocenters. The zero-order valence-electron chi connectivity index (χ0n) is 10.4. The van der Waals surface area contributed by atoms with Gasteiger partial charge in [-0.15, -0.1) is 0 Å². The molecule has 0 aliphatic rings. The Morgan fingerprint density at radius 1 is 1.11 bits per heavy atom. The van der Waals surface area contributed by atoms with E-state index in [-0.39, 0.29) is 5.56 Å². The van der Waals surface area contributed by atoms with Gasteiger partial charge in [-0.05, 0) is 23.8 Å². The van der Waals surface area contributed by atoms with Gasteiger partial charge in [0.1, 0.15) is 11.6 Å². The number of benzene rings is 2. The van der Waals surface area contributed by atoms with E-state index >= 15 is 0 Å². The predicted molar refractivity (Wildman–Crippen MR) is 68.6 cm³/mol. The SMILES string of the molecule is CN(Cc1ccccc1)C(=O)c1cc(F)ccc1F. The van der Waals surface area contributed by atoms with Gasteiger partial charge in [-0.25, -0.2) is 8.78 Å². The highest BCUT2D eigenvalue weighted by Crippen LogP contribution is 2.13. The number of carbonyl (C=O) groups excluding carboxylic acids is 1. The fraction of sp³-hybridized carbons (Fsp3) is 0.133. The third kappa shape index (κ3) is 3.16. The fourth-order valence-electron chi connectivity index (χ4n) is 1.80. The van der Waals surface area contributed by atoms with Crippen LogP contribution in [-0.4, -0.2) is 17.9 Å². The Morgan fingerprint density at radius 3 is 2.47 bits per heavy atom. The zero-order chi connectivity index (χ0) is 13.8. The standard InChI is InChI=1S/C15H13F2NO/c1-18(10-11-5-3-2-4-6-11)15(19)13-9-12(16)7-8-14(13)17/h2-9H,10H2,1H3. The third-order valence-corrected chi connectivity index (χ3v) is 2.77. The number of carbonyl (C=O) groups is 1. The molecule has 0 fully saturated rings. The Hall–Kier alpha value is -2.23. The largest absolute Gasteiger partial charge is 0.337 e. The summed E-state index contributed by atoms with van der Waals surface area (Å²) in [6.45, 7) is 0.343. The molecule has 0 unspecified atom stereocenters. The van der Waals surface area contributed by atoms with Crippen molar-refractivity contribution >= 4 is 5.91 Å². The topological polar surface area (TPSA) is 20.3 Å². The van der Waals surface area contributed by atoms with E-state index < -0.39 is 17.5 Å². The van der Waals surface area contributed by atoms with Crippen LogP contribution in [0, 0.1) is 11.6 Å². The molecule has 2 aromatic rings. The van der Waals surface area contributed by atoms with Gasteiger partial charge in [0.05, 0.1) is 5.56 Å². The molecule has 2 nitrogen and oxygen atoms in total. The van der Waals surface area contributed by atoms with Crippen LogP contribution in [0.2, 0.25) is 0 Å². The lowest BCUT2D eigenvalue weighted by Gasteiger charge is -2.17. The van der Waals surface area contributed by atoms with Crippen LogP contribution in [0.5, 0.6) is 0 Å². The van der Waals surface area contributed by atoms with Crippen molar-refractivity contribution in [2.45, 2.75) is 6.54 Å². The molecule has 2 aromatic carbocycles. The first-order valence-corrected chi connectivity index (χ1v) is 5.82. The summed E-state index contributed by atoms with van der Waals surface area (Å²) < 4.78 is 26.6. The molecule has 2 rings (SSSR count). The van der Waals surface area contributed by atoms with Crippen molar-refractivity contribution < 1.29 is 13.6 Å². The lowest BCUT2D eigenvalue weighted by atomic mass is 10.1. The van der Waals surface area contributed by atoms with Gasteiger partial charge in [-0.2, -0.15) is 0 Å². The van der Waals surface area contributed by atoms with Gasteiger partial charge in [0.15, 0.2) is 0 Å². The van der Waals surface area contributed by atoms with Crippen LogP contribution in [-0.2, 0) is 6.54 Å². The van der Waals surface area contributed by atoms with E-state index in [2.05, 4.69) is 0 Å². The first-order valence-electron chi connectivity index (χ1n) is 5.82. The number of hydrogen-bond acceptors (Lipinski definition) is 1. The summed E-state index contributed by atoms with van der Waals surface area (Å²) in [4.78, 5) is 13.4. The van der Waals surface area contributed by atoms with Crippen LogP contribution in [0.3, 0.4) is 0 Å². The lowest BCUT2D eigenvalue weighted by molar-refractivity contribution is 0.0780. The van der Waals surface area contributed by atoms with E-state index in [1.807, 2.05) is 30.3 Å². The smallest absolute Gasteiger partial charge is 0.256 e. The summed E-state index contributed by atoms with van der Waals surface area (Å²) in [6, 6.07) is 12.2. The highest BCUT2D eigenvalue weighted by atomic mass is 19.1. The maximum Gasteiger partial charge on any atom is 0.256 e. The molecule has 0 spiro atoms. The minimum absolute atomic E-state index is 0.251. The van der Waals surface area contributed by atoms with Gasteiger partial charge in [-0.1, -0.05) is 30.3 Å². The molecule has 0 bridgehead atoms. The minimum Gasteiger partial charge on any atom is -0.337 e. The minimum atomic E-state index is -0.716. The van der Waals surface area contributed by atoms with E-state index in [4.69, 9.17) is 0 Å². The molecule has 0 saturated heterocycles. The normalized spacial score (nSPS) is 10.3. The summed E-state index contributed by atoms with van der Waals surface area (Å²) in [7, 11) is 1.56. The second kappa shape index (κ2) is 5.61. The van der Waals surface area contributed by atoms with Crippen molar-refractivity contribution in [3.05, 3.63) is 71.3 Å². The number of hydrogen-bond donors (Lipinski definition) is 0. The lowest BCUT2D eigenvalue weighted by Crippen LogP contribution is -2.27. The molecule has 0 saturated carbocycles. The van der Waals surface area contributed by atoms with Gasteiger partial charge < -0.3 is 4.90 Å². The Labute approximate surface area is 110 Å². The average Bonchev–Trinajstić information content (AvgIpc) is 2.42. The van der Waals surface area contributed by atoms with Gasteiger partial charge in [0.2, 0.25) is 0 Å². The van der Waals surface area contributed by atoms with E-state index in [9.17, 15) is 13.6 Å². The fourth-order valence-corrected chi connectivity index (χ4v) is 1.80. The molecule has 1 amide bonds. The monoisotopic (exact) mass is 261 g/mol. The Balaban J connectivity index is 2.17. The van der Waals surface area contributed by atoms with Crippen LogP contribution in [0.15, 0.2) is 48.5 Å². The Bertz CT molecular complexity index is 584. The van der Waals surface area contributed by atoms with Crippen LogP contribution in [0.4, 0.5) is 8.78 Å². The quantitative estimate of drug-likeness (QED) is 0.830. The maximum atomic E-state index is 13.5. The number of halogens is 2. The number of amides is 1. The number of nitrogens with zero attached hydrogens (tertiary/aromatic N) is 1. The molecular weight excluding hydrogens is 248 g/mol. The molecule has 0 aliphatic carbocycles. The molecule has 0 N–H and O–H groups in total. The van der Waals surface area contributed by atoms with Crippen LogP contribution in [0.25, 0.3) is 0 Å². The molecular formula is C15H13F2NO. The van der Waals surface area contributed by atoms with Gasteiger partial charge in [-0.3, -0.25) is 4.79 Å². The molecule has 0 aromatic heterocycles. The van der Waals surface area contributed by atoms with Crippen molar-refractivity contribution in [2.75, 3.05) is 7.05 Å². The highest BCUT2D eigenvalue weighted by molar-refractivity contribution is 5.94. The Morgan fingerprint density at radius 2 is 1.79 bits per heavy atom. The van der Waals surface area contributed by atoms with Crippen molar-refractivity contribution in [3.8, 4) is 0 Å². The Kier molecular flexibility index (Phi) is 3.90. The third-order valence-electron chi connectivity index (χ3n) is 2.77. The first kappa shape index (κ1) is 13.2. The molecule has 0 radical (unpaired) electrons. The van der Waals surface area contributed by atoms with E-state index in [1.165, 1.54) is 4.90 Å².